The van der Waals surface area contributed by atoms with Gasteiger partial charge in [-0.1, -0.05) is 51.7 Å². The van der Waals surface area contributed by atoms with Crippen molar-refractivity contribution in [1.29, 1.82) is 0 Å². The number of ether oxygens (including phenoxy) is 3. The summed E-state index contributed by atoms with van der Waals surface area (Å²) < 4.78 is 15.2. The largest absolute Gasteiger partial charge is 0.453 e. The number of benzene rings is 2. The number of rotatable bonds is 9. The van der Waals surface area contributed by atoms with Gasteiger partial charge in [-0.3, -0.25) is 9.59 Å². The topological polar surface area (TPSA) is 184 Å². The van der Waals surface area contributed by atoms with E-state index in [1.807, 2.05) is 70.2 Å². The number of aromatic nitrogens is 4. The number of carbonyl (C=O) groups excluding carboxylic acids is 4. The van der Waals surface area contributed by atoms with Crippen LogP contribution in [0.2, 0.25) is 0 Å². The Labute approximate surface area is 319 Å². The Morgan fingerprint density at radius 2 is 1.44 bits per heavy atom. The van der Waals surface area contributed by atoms with Gasteiger partial charge < -0.3 is 44.6 Å². The third-order valence-corrected chi connectivity index (χ3v) is 10.0. The van der Waals surface area contributed by atoms with Gasteiger partial charge in [0.15, 0.2) is 0 Å². The molecule has 15 heteroatoms. The van der Waals surface area contributed by atoms with Crippen LogP contribution in [0.3, 0.4) is 0 Å². The van der Waals surface area contributed by atoms with Crippen LogP contribution in [0.4, 0.5) is 9.59 Å². The molecule has 2 aliphatic heterocycles. The average molecular weight is 753 g/mol. The van der Waals surface area contributed by atoms with Crippen LogP contribution in [0.1, 0.15) is 75.4 Å². The Bertz CT molecular complexity index is 2080. The van der Waals surface area contributed by atoms with Crippen molar-refractivity contribution < 1.29 is 33.4 Å². The first-order valence-corrected chi connectivity index (χ1v) is 18.5. The van der Waals surface area contributed by atoms with Gasteiger partial charge in [0.1, 0.15) is 29.8 Å². The Balaban J connectivity index is 1.13. The number of hydrogen-bond acceptors (Lipinski definition) is 9. The molecule has 0 spiro atoms. The molecule has 0 radical (unpaired) electrons. The number of nitrogens with one attached hydrogen (secondary N) is 4. The summed E-state index contributed by atoms with van der Waals surface area (Å²) in [4.78, 5) is 70.7. The predicted molar refractivity (Wildman–Crippen MR) is 203 cm³/mol. The third kappa shape index (κ3) is 8.76. The first-order valence-electron chi connectivity index (χ1n) is 18.5. The SMILES string of the molecule is COC(=O)N[C@H](C(=O)N1CCOC[C@H]1c1ncc(-c2ccc(C#Cc3ccc4nc([C@@H]5CCCN5C(=O)[C@@H](NC(=O)OC)C(C)C)[nH]c4c3)cc2)[nH]1)C(C)C. The first kappa shape index (κ1) is 38.8. The van der Waals surface area contributed by atoms with E-state index in [2.05, 4.69) is 37.4 Å². The van der Waals surface area contributed by atoms with E-state index < -0.39 is 30.3 Å². The first-order chi connectivity index (χ1) is 26.5. The normalized spacial score (nSPS) is 18.1. The maximum atomic E-state index is 13.6. The van der Waals surface area contributed by atoms with E-state index in [9.17, 15) is 19.2 Å². The fourth-order valence-corrected chi connectivity index (χ4v) is 6.96. The maximum Gasteiger partial charge on any atom is 0.407 e. The molecule has 0 aliphatic carbocycles. The number of aromatic amines is 2. The number of methoxy groups -OCH3 is 2. The number of hydrogen-bond donors (Lipinski definition) is 4. The Morgan fingerprint density at radius 3 is 2.07 bits per heavy atom. The molecule has 2 aromatic carbocycles. The molecule has 4 amide bonds. The van der Waals surface area contributed by atoms with Crippen LogP contribution in [0.15, 0.2) is 48.7 Å². The van der Waals surface area contributed by atoms with Crippen LogP contribution in [-0.2, 0) is 23.8 Å². The quantitative estimate of drug-likeness (QED) is 0.177. The number of morpholine rings is 1. The molecule has 0 unspecified atom stereocenters. The Kier molecular flexibility index (Phi) is 12.1. The van der Waals surface area contributed by atoms with Gasteiger partial charge in [0.25, 0.3) is 0 Å². The van der Waals surface area contributed by atoms with Crippen molar-refractivity contribution >= 4 is 35.0 Å². The molecule has 4 aromatic rings. The standard InChI is InChI=1S/C40H48N8O7/c1-23(2)33(45-39(51)53-5)37(49)47-17-7-8-31(47)36-42-28-16-13-26(20-29(28)43-36)10-9-25-11-14-27(15-12-25)30-21-41-35(44-30)32-22-55-19-18-48(32)38(50)34(24(3)4)46-40(52)54-6/h11-16,20-21,23-24,31-34H,7-8,17-19,22H2,1-6H3,(H,41,44)(H,42,43)(H,45,51)(H,46,52)/t31-,32-,33-,34-/m0/s1. The van der Waals surface area contributed by atoms with Gasteiger partial charge in [0.2, 0.25) is 11.8 Å². The molecular formula is C40H48N8O7. The summed E-state index contributed by atoms with van der Waals surface area (Å²) in [6.45, 7) is 9.13. The van der Waals surface area contributed by atoms with Crippen molar-refractivity contribution in [2.45, 2.75) is 64.7 Å². The summed E-state index contributed by atoms with van der Waals surface area (Å²) in [6.07, 6.45) is 2.04. The van der Waals surface area contributed by atoms with E-state index in [0.29, 0.717) is 31.3 Å². The Hall–Kier alpha value is -5.88. The van der Waals surface area contributed by atoms with Crippen LogP contribution in [0, 0.1) is 23.7 Å². The fraction of sp³-hybridized carbons (Fsp3) is 0.450. The molecule has 4 heterocycles. The van der Waals surface area contributed by atoms with Gasteiger partial charge in [-0.2, -0.15) is 0 Å². The molecule has 0 saturated carbocycles. The van der Waals surface area contributed by atoms with Crippen molar-refractivity contribution in [3.63, 3.8) is 0 Å². The van der Waals surface area contributed by atoms with Crippen molar-refractivity contribution in [1.82, 2.24) is 40.4 Å². The molecular weight excluding hydrogens is 704 g/mol. The van der Waals surface area contributed by atoms with Gasteiger partial charge >= 0.3 is 12.2 Å². The summed E-state index contributed by atoms with van der Waals surface area (Å²) in [5.74, 6) is 7.13. The van der Waals surface area contributed by atoms with E-state index >= 15 is 0 Å². The minimum Gasteiger partial charge on any atom is -0.453 e. The number of alkyl carbamates (subject to hydrolysis) is 2. The number of carbonyl (C=O) groups is 4. The lowest BCUT2D eigenvalue weighted by atomic mass is 10.0. The molecule has 2 fully saturated rings. The minimum absolute atomic E-state index is 0.117. The van der Waals surface area contributed by atoms with Crippen LogP contribution < -0.4 is 10.6 Å². The lowest BCUT2D eigenvalue weighted by molar-refractivity contribution is -0.143. The fourth-order valence-electron chi connectivity index (χ4n) is 6.96. The van der Waals surface area contributed by atoms with Gasteiger partial charge in [-0.05, 0) is 60.6 Å². The molecule has 2 aliphatic rings. The predicted octanol–water partition coefficient (Wildman–Crippen LogP) is 4.68. The van der Waals surface area contributed by atoms with Crippen molar-refractivity contribution in [3.8, 4) is 23.1 Å². The summed E-state index contributed by atoms with van der Waals surface area (Å²) in [6, 6.07) is 11.4. The molecule has 2 aromatic heterocycles. The van der Waals surface area contributed by atoms with E-state index in [-0.39, 0.29) is 36.3 Å². The zero-order valence-corrected chi connectivity index (χ0v) is 32.0. The highest BCUT2D eigenvalue weighted by Gasteiger charge is 2.38. The van der Waals surface area contributed by atoms with E-state index in [1.165, 1.54) is 14.2 Å². The van der Waals surface area contributed by atoms with Crippen molar-refractivity contribution in [2.24, 2.45) is 11.8 Å². The van der Waals surface area contributed by atoms with Crippen LogP contribution in [0.5, 0.6) is 0 Å². The smallest absolute Gasteiger partial charge is 0.407 e. The van der Waals surface area contributed by atoms with Gasteiger partial charge in [-0.15, -0.1) is 0 Å². The minimum atomic E-state index is -0.753. The monoisotopic (exact) mass is 752 g/mol. The van der Waals surface area contributed by atoms with Gasteiger partial charge in [0, 0.05) is 24.2 Å². The summed E-state index contributed by atoms with van der Waals surface area (Å²) in [5.41, 5.74) is 4.91. The highest BCUT2D eigenvalue weighted by molar-refractivity contribution is 5.87. The number of amides is 4. The zero-order chi connectivity index (χ0) is 39.2. The molecule has 15 nitrogen and oxygen atoms in total. The Morgan fingerprint density at radius 1 is 0.818 bits per heavy atom. The van der Waals surface area contributed by atoms with Crippen LogP contribution in [-0.4, -0.2) is 106 Å². The summed E-state index contributed by atoms with van der Waals surface area (Å²) >= 11 is 0. The molecule has 2 saturated heterocycles. The van der Waals surface area contributed by atoms with Gasteiger partial charge in [0.05, 0.1) is 56.4 Å². The lowest BCUT2D eigenvalue weighted by Crippen LogP contribution is -2.54. The molecule has 4 atom stereocenters. The second-order valence-electron chi connectivity index (χ2n) is 14.4. The second-order valence-corrected chi connectivity index (χ2v) is 14.4. The lowest BCUT2D eigenvalue weighted by Gasteiger charge is -2.37. The maximum absolute atomic E-state index is 13.6. The molecule has 290 valence electrons. The highest BCUT2D eigenvalue weighted by atomic mass is 16.5. The summed E-state index contributed by atoms with van der Waals surface area (Å²) in [7, 11) is 2.55. The second kappa shape index (κ2) is 17.1. The van der Waals surface area contributed by atoms with Crippen LogP contribution >= 0.6 is 0 Å². The molecule has 0 bridgehead atoms. The van der Waals surface area contributed by atoms with Crippen molar-refractivity contribution in [3.05, 3.63) is 71.4 Å². The van der Waals surface area contributed by atoms with E-state index in [4.69, 9.17) is 19.2 Å². The number of nitrogens with zero attached hydrogens (tertiary/aromatic N) is 4. The number of fused-ring (bicyclic) bond motifs is 1. The van der Waals surface area contributed by atoms with Crippen LogP contribution in [0.25, 0.3) is 22.3 Å². The van der Waals surface area contributed by atoms with E-state index in [0.717, 1.165) is 46.3 Å². The highest BCUT2D eigenvalue weighted by Crippen LogP contribution is 2.33. The van der Waals surface area contributed by atoms with Gasteiger partial charge in [-0.25, -0.2) is 19.6 Å². The molecule has 6 rings (SSSR count). The zero-order valence-electron chi connectivity index (χ0n) is 32.0. The van der Waals surface area contributed by atoms with Crippen molar-refractivity contribution in [2.75, 3.05) is 40.5 Å². The number of likely N-dealkylation sites (tertiary alicyclic amines) is 1. The van der Waals surface area contributed by atoms with E-state index in [1.54, 1.807) is 16.0 Å². The number of imidazole rings is 2. The third-order valence-electron chi connectivity index (χ3n) is 10.0. The molecule has 55 heavy (non-hydrogen) atoms. The number of H-pyrrole nitrogens is 2. The molecule has 4 N–H and O–H groups in total. The average Bonchev–Trinajstić information content (AvgIpc) is 3.98. The summed E-state index contributed by atoms with van der Waals surface area (Å²) in [5, 5.41) is 5.35.